The van der Waals surface area contributed by atoms with Gasteiger partial charge in [0.25, 0.3) is 0 Å². The number of hydrogen-bond acceptors (Lipinski definition) is 5. The second kappa shape index (κ2) is 9.03. The highest BCUT2D eigenvalue weighted by Crippen LogP contribution is 2.43. The van der Waals surface area contributed by atoms with Crippen molar-refractivity contribution in [2.45, 2.75) is 25.3 Å². The number of nitrogens with one attached hydrogen (secondary N) is 2. The molecule has 3 N–H and O–H groups in total. The van der Waals surface area contributed by atoms with E-state index in [0.717, 1.165) is 6.21 Å². The third-order valence-corrected chi connectivity index (χ3v) is 6.37. The average Bonchev–Trinajstić information content (AvgIpc) is 3.66. The maximum atomic E-state index is 15.4. The van der Waals surface area contributed by atoms with E-state index >= 15 is 4.39 Å². The molecule has 0 atom stereocenters. The van der Waals surface area contributed by atoms with Crippen LogP contribution in [0, 0.1) is 17.0 Å². The number of carboxylic acids is 1. The molecule has 0 amide bonds. The number of ether oxygens (including phenoxy) is 1. The predicted octanol–water partition coefficient (Wildman–Crippen LogP) is 6.27. The maximum absolute atomic E-state index is 15.4. The summed E-state index contributed by atoms with van der Waals surface area (Å²) in [5, 5.41) is 21.2. The van der Waals surface area contributed by atoms with E-state index in [4.69, 9.17) is 10.1 Å². The third-order valence-electron chi connectivity index (χ3n) is 6.37. The molecule has 1 heterocycles. The number of rotatable bonds is 8. The molecule has 36 heavy (non-hydrogen) atoms. The van der Waals surface area contributed by atoms with Crippen LogP contribution in [0.25, 0.3) is 33.3 Å². The van der Waals surface area contributed by atoms with Crippen molar-refractivity contribution in [3.8, 4) is 28.1 Å². The topological polar surface area (TPSA) is 95.3 Å². The van der Waals surface area contributed by atoms with E-state index in [-0.39, 0.29) is 16.9 Å². The number of benzene rings is 3. The van der Waals surface area contributed by atoms with Crippen molar-refractivity contribution in [1.29, 1.82) is 5.41 Å². The monoisotopic (exact) mass is 487 g/mol. The lowest BCUT2D eigenvalue weighted by atomic mass is 9.97. The van der Waals surface area contributed by atoms with Gasteiger partial charge in [-0.3, -0.25) is 0 Å². The Hall–Kier alpha value is -4.33. The van der Waals surface area contributed by atoms with Crippen LogP contribution < -0.4 is 10.1 Å². The second-order valence-corrected chi connectivity index (χ2v) is 8.69. The minimum Gasteiger partial charge on any atom is -0.493 e. The van der Waals surface area contributed by atoms with E-state index in [1.807, 2.05) is 13.0 Å². The predicted molar refractivity (Wildman–Crippen MR) is 135 cm³/mol. The molecule has 182 valence electrons. The number of hydrogen-bond donors (Lipinski definition) is 3. The molecule has 5 rings (SSSR count). The third kappa shape index (κ3) is 4.04. The van der Waals surface area contributed by atoms with Gasteiger partial charge in [-0.05, 0) is 50.1 Å². The zero-order valence-electron chi connectivity index (χ0n) is 19.4. The number of aromatic nitrogens is 1. The van der Waals surface area contributed by atoms with Crippen molar-refractivity contribution < 1.29 is 23.4 Å². The molecule has 6 nitrogen and oxygen atoms in total. The number of nitrogens with zero attached hydrogens (tertiary/aromatic N) is 1. The number of aliphatic carboxylic acids is 1. The Morgan fingerprint density at radius 3 is 2.58 bits per heavy atom. The Kier molecular flexibility index (Phi) is 5.88. The molecule has 0 saturated heterocycles. The molecular weight excluding hydrogens is 464 g/mol. The number of anilines is 1. The fourth-order valence-electron chi connectivity index (χ4n) is 4.35. The van der Waals surface area contributed by atoms with Crippen LogP contribution in [-0.2, 0) is 4.79 Å². The summed E-state index contributed by atoms with van der Waals surface area (Å²) in [4.78, 5) is 16.5. The summed E-state index contributed by atoms with van der Waals surface area (Å²) in [6.07, 6.45) is 1.83. The first-order valence-electron chi connectivity index (χ1n) is 11.5. The van der Waals surface area contributed by atoms with Crippen LogP contribution >= 0.6 is 0 Å². The van der Waals surface area contributed by atoms with Crippen LogP contribution in [0.5, 0.6) is 5.75 Å². The number of para-hydroxylation sites is 1. The van der Waals surface area contributed by atoms with Gasteiger partial charge in [0.15, 0.2) is 0 Å². The van der Waals surface area contributed by atoms with Gasteiger partial charge >= 0.3 is 5.97 Å². The molecule has 1 aromatic heterocycles. The molecule has 3 aromatic carbocycles. The SMILES string of the molecule is CCOc1ccccc1-c1ccc(-c2nc3ccc(F)cc3c(NC3(C(=O)O)CC3)c2C=N)cc1F. The average molecular weight is 488 g/mol. The van der Waals surface area contributed by atoms with E-state index < -0.39 is 23.1 Å². The van der Waals surface area contributed by atoms with Crippen molar-refractivity contribution in [3.05, 3.63) is 77.9 Å². The highest BCUT2D eigenvalue weighted by molar-refractivity contribution is 6.07. The van der Waals surface area contributed by atoms with Crippen LogP contribution in [0.3, 0.4) is 0 Å². The van der Waals surface area contributed by atoms with Crippen molar-refractivity contribution in [1.82, 2.24) is 4.98 Å². The van der Waals surface area contributed by atoms with Crippen molar-refractivity contribution in [3.63, 3.8) is 0 Å². The first-order chi connectivity index (χ1) is 17.4. The Labute approximate surface area is 206 Å². The summed E-state index contributed by atoms with van der Waals surface area (Å²) in [5.74, 6) is -1.48. The van der Waals surface area contributed by atoms with Crippen LogP contribution in [0.15, 0.2) is 60.7 Å². The number of fused-ring (bicyclic) bond motifs is 1. The Balaban J connectivity index is 1.68. The van der Waals surface area contributed by atoms with E-state index in [2.05, 4.69) is 10.3 Å². The molecule has 1 saturated carbocycles. The molecule has 1 aliphatic carbocycles. The molecule has 1 fully saturated rings. The zero-order valence-corrected chi connectivity index (χ0v) is 19.4. The van der Waals surface area contributed by atoms with Gasteiger partial charge in [0.1, 0.15) is 22.9 Å². The van der Waals surface area contributed by atoms with Gasteiger partial charge in [-0.2, -0.15) is 0 Å². The highest BCUT2D eigenvalue weighted by atomic mass is 19.1. The lowest BCUT2D eigenvalue weighted by Crippen LogP contribution is -2.32. The fourth-order valence-corrected chi connectivity index (χ4v) is 4.35. The summed E-state index contributed by atoms with van der Waals surface area (Å²) < 4.78 is 35.2. The minimum atomic E-state index is -1.19. The first kappa shape index (κ1) is 23.4. The molecule has 0 spiro atoms. The van der Waals surface area contributed by atoms with Crippen molar-refractivity contribution >= 4 is 28.8 Å². The van der Waals surface area contributed by atoms with Crippen LogP contribution in [0.1, 0.15) is 25.3 Å². The van der Waals surface area contributed by atoms with E-state index in [1.165, 1.54) is 24.3 Å². The van der Waals surface area contributed by atoms with Gasteiger partial charge in [0, 0.05) is 33.9 Å². The summed E-state index contributed by atoms with van der Waals surface area (Å²) in [7, 11) is 0. The number of halogens is 2. The van der Waals surface area contributed by atoms with Gasteiger partial charge in [0.2, 0.25) is 0 Å². The first-order valence-corrected chi connectivity index (χ1v) is 11.5. The van der Waals surface area contributed by atoms with Crippen molar-refractivity contribution in [2.75, 3.05) is 11.9 Å². The molecular formula is C28H23F2N3O3. The minimum absolute atomic E-state index is 0.252. The van der Waals surface area contributed by atoms with E-state index in [0.29, 0.717) is 52.8 Å². The molecule has 4 aromatic rings. The summed E-state index contributed by atoms with van der Waals surface area (Å²) in [6.45, 7) is 2.29. The number of carbonyl (C=O) groups is 1. The lowest BCUT2D eigenvalue weighted by Gasteiger charge is -2.20. The Morgan fingerprint density at radius 1 is 1.14 bits per heavy atom. The summed E-state index contributed by atoms with van der Waals surface area (Å²) in [5.41, 5.74) is 1.40. The molecule has 0 aliphatic heterocycles. The second-order valence-electron chi connectivity index (χ2n) is 8.69. The summed E-state index contributed by atoms with van der Waals surface area (Å²) in [6, 6.07) is 15.8. The van der Waals surface area contributed by atoms with Gasteiger partial charge < -0.3 is 20.6 Å². The number of carboxylic acid groups (broad SMARTS) is 1. The highest BCUT2D eigenvalue weighted by Gasteiger charge is 2.51. The standard InChI is InChI=1S/C28H23F2N3O3/c1-2-36-24-6-4-3-5-19(24)18-9-7-16(13-22(18)30)25-21(15-31)26(33-28(11-12-28)27(34)35)20-14-17(29)8-10-23(20)32-25/h3-10,13-15,31H,2,11-12H2,1H3,(H,32,33)(H,34,35). The van der Waals surface area contributed by atoms with E-state index in [1.54, 1.807) is 30.3 Å². The molecule has 8 heteroatoms. The van der Waals surface area contributed by atoms with Crippen LogP contribution in [0.4, 0.5) is 14.5 Å². The summed E-state index contributed by atoms with van der Waals surface area (Å²) >= 11 is 0. The Bertz CT molecular complexity index is 1520. The van der Waals surface area contributed by atoms with E-state index in [9.17, 15) is 14.3 Å². The maximum Gasteiger partial charge on any atom is 0.329 e. The molecule has 1 aliphatic rings. The normalized spacial score (nSPS) is 13.9. The zero-order chi connectivity index (χ0) is 25.4. The fraction of sp³-hybridized carbons (Fsp3) is 0.179. The van der Waals surface area contributed by atoms with Gasteiger partial charge in [-0.1, -0.05) is 30.3 Å². The van der Waals surface area contributed by atoms with Gasteiger partial charge in [0.05, 0.1) is 23.5 Å². The molecule has 0 unspecified atom stereocenters. The lowest BCUT2D eigenvalue weighted by molar-refractivity contribution is -0.138. The largest absolute Gasteiger partial charge is 0.493 e. The smallest absolute Gasteiger partial charge is 0.329 e. The number of pyridine rings is 1. The van der Waals surface area contributed by atoms with Gasteiger partial charge in [-0.25, -0.2) is 18.6 Å². The van der Waals surface area contributed by atoms with Crippen molar-refractivity contribution in [2.24, 2.45) is 0 Å². The van der Waals surface area contributed by atoms with Crippen LogP contribution in [0.2, 0.25) is 0 Å². The van der Waals surface area contributed by atoms with Gasteiger partial charge in [-0.15, -0.1) is 0 Å². The van der Waals surface area contributed by atoms with Crippen LogP contribution in [-0.4, -0.2) is 34.4 Å². The quantitative estimate of drug-likeness (QED) is 0.255. The molecule has 0 radical (unpaired) electrons. The Morgan fingerprint density at radius 2 is 1.92 bits per heavy atom. The molecule has 0 bridgehead atoms.